The molecule has 0 heterocycles. The van der Waals surface area contributed by atoms with Crippen LogP contribution in [0.25, 0.3) is 0 Å². The molecule has 0 bridgehead atoms. The maximum atomic E-state index is 10.8. The average molecular weight is 253 g/mol. The maximum absolute atomic E-state index is 10.8. The first-order chi connectivity index (χ1) is 8.60. The van der Waals surface area contributed by atoms with Gasteiger partial charge in [-0.3, -0.25) is 10.1 Å². The fraction of sp³-hybridized carbons (Fsp3) is 0.500. The Bertz CT molecular complexity index is 410. The Labute approximate surface area is 107 Å². The molecule has 0 saturated heterocycles. The number of nitro benzene ring substituents is 1. The van der Waals surface area contributed by atoms with E-state index in [9.17, 15) is 10.1 Å². The molecule has 6 heteroatoms. The van der Waals surface area contributed by atoms with Gasteiger partial charge in [0.05, 0.1) is 12.0 Å². The van der Waals surface area contributed by atoms with Crippen molar-refractivity contribution >= 4 is 11.4 Å². The lowest BCUT2D eigenvalue weighted by Crippen LogP contribution is -2.22. The van der Waals surface area contributed by atoms with Crippen LogP contribution in [-0.4, -0.2) is 39.2 Å². The molecule has 0 aromatic heterocycles. The summed E-state index contributed by atoms with van der Waals surface area (Å²) in [5.41, 5.74) is 0.901. The Hall–Kier alpha value is -1.82. The van der Waals surface area contributed by atoms with E-state index in [0.717, 1.165) is 25.2 Å². The van der Waals surface area contributed by atoms with Crippen molar-refractivity contribution in [2.45, 2.75) is 6.42 Å². The summed E-state index contributed by atoms with van der Waals surface area (Å²) in [7, 11) is 5.30. The second kappa shape index (κ2) is 6.80. The van der Waals surface area contributed by atoms with Crippen LogP contribution in [-0.2, 0) is 0 Å². The molecular formula is C12H19N3O3. The van der Waals surface area contributed by atoms with Crippen molar-refractivity contribution in [2.75, 3.05) is 39.2 Å². The summed E-state index contributed by atoms with van der Waals surface area (Å²) in [6.45, 7) is 1.82. The summed E-state index contributed by atoms with van der Waals surface area (Å²) in [5, 5.41) is 13.9. The Morgan fingerprint density at radius 2 is 2.22 bits per heavy atom. The molecule has 0 aliphatic heterocycles. The molecule has 0 unspecified atom stereocenters. The normalized spacial score (nSPS) is 10.2. The van der Waals surface area contributed by atoms with Gasteiger partial charge in [-0.15, -0.1) is 0 Å². The molecule has 0 aliphatic carbocycles. The van der Waals surface area contributed by atoms with Crippen molar-refractivity contribution in [3.8, 4) is 5.75 Å². The largest absolute Gasteiger partial charge is 0.490 e. The molecule has 0 amide bonds. The third kappa shape index (κ3) is 3.59. The van der Waals surface area contributed by atoms with Gasteiger partial charge in [-0.05, 0) is 26.1 Å². The molecule has 0 aliphatic rings. The fourth-order valence-electron chi connectivity index (χ4n) is 1.68. The van der Waals surface area contributed by atoms with Crippen LogP contribution in [0.5, 0.6) is 5.75 Å². The molecule has 0 fully saturated rings. The molecule has 1 aromatic rings. The third-order valence-corrected chi connectivity index (χ3v) is 2.72. The van der Waals surface area contributed by atoms with Crippen molar-refractivity contribution in [2.24, 2.45) is 0 Å². The van der Waals surface area contributed by atoms with Gasteiger partial charge in [0.2, 0.25) is 0 Å². The zero-order valence-electron chi connectivity index (χ0n) is 11.0. The van der Waals surface area contributed by atoms with Gasteiger partial charge < -0.3 is 15.0 Å². The van der Waals surface area contributed by atoms with Crippen molar-refractivity contribution in [1.82, 2.24) is 5.32 Å². The molecule has 1 N–H and O–H groups in total. The highest BCUT2D eigenvalue weighted by molar-refractivity contribution is 5.58. The van der Waals surface area contributed by atoms with Crippen LogP contribution in [0.1, 0.15) is 6.42 Å². The van der Waals surface area contributed by atoms with Gasteiger partial charge >= 0.3 is 5.69 Å². The van der Waals surface area contributed by atoms with E-state index in [1.807, 2.05) is 19.0 Å². The average Bonchev–Trinajstić information content (AvgIpc) is 2.37. The van der Waals surface area contributed by atoms with Gasteiger partial charge in [0.25, 0.3) is 0 Å². The monoisotopic (exact) mass is 253 g/mol. The van der Waals surface area contributed by atoms with Crippen LogP contribution in [0.15, 0.2) is 18.2 Å². The molecule has 0 radical (unpaired) electrons. The van der Waals surface area contributed by atoms with E-state index in [0.29, 0.717) is 0 Å². The van der Waals surface area contributed by atoms with Crippen LogP contribution in [0.2, 0.25) is 0 Å². The zero-order chi connectivity index (χ0) is 13.5. The van der Waals surface area contributed by atoms with Crippen LogP contribution in [0.3, 0.4) is 0 Å². The number of nitrogens with zero attached hydrogens (tertiary/aromatic N) is 2. The number of anilines is 1. The van der Waals surface area contributed by atoms with E-state index in [2.05, 4.69) is 5.32 Å². The highest BCUT2D eigenvalue weighted by Gasteiger charge is 2.15. The lowest BCUT2D eigenvalue weighted by Gasteiger charge is -2.19. The SMILES string of the molecule is CNCCCN(C)c1ccc([N+](=O)[O-])c(OC)c1. The summed E-state index contributed by atoms with van der Waals surface area (Å²) < 4.78 is 5.04. The predicted molar refractivity (Wildman–Crippen MR) is 71.5 cm³/mol. The second-order valence-corrected chi connectivity index (χ2v) is 3.99. The highest BCUT2D eigenvalue weighted by Crippen LogP contribution is 2.30. The maximum Gasteiger partial charge on any atom is 0.311 e. The minimum atomic E-state index is -0.441. The zero-order valence-corrected chi connectivity index (χ0v) is 11.0. The lowest BCUT2D eigenvalue weighted by atomic mass is 10.2. The van der Waals surface area contributed by atoms with Crippen LogP contribution in [0, 0.1) is 10.1 Å². The minimum Gasteiger partial charge on any atom is -0.490 e. The van der Waals surface area contributed by atoms with Crippen molar-refractivity contribution in [1.29, 1.82) is 0 Å². The van der Waals surface area contributed by atoms with Gasteiger partial charge in [-0.2, -0.15) is 0 Å². The van der Waals surface area contributed by atoms with E-state index in [4.69, 9.17) is 4.74 Å². The number of hydrogen-bond acceptors (Lipinski definition) is 5. The molecule has 1 rings (SSSR count). The molecular weight excluding hydrogens is 234 g/mol. The molecule has 18 heavy (non-hydrogen) atoms. The van der Waals surface area contributed by atoms with E-state index in [-0.39, 0.29) is 11.4 Å². The van der Waals surface area contributed by atoms with Crippen LogP contribution in [0.4, 0.5) is 11.4 Å². The minimum absolute atomic E-state index is 0.00938. The topological polar surface area (TPSA) is 67.6 Å². The van der Waals surface area contributed by atoms with Crippen molar-refractivity contribution in [3.05, 3.63) is 28.3 Å². The van der Waals surface area contributed by atoms with Gasteiger partial charge in [0.15, 0.2) is 5.75 Å². The van der Waals surface area contributed by atoms with Gasteiger partial charge in [0.1, 0.15) is 0 Å². The van der Waals surface area contributed by atoms with Gasteiger partial charge in [0, 0.05) is 31.4 Å². The first-order valence-corrected chi connectivity index (χ1v) is 5.78. The quantitative estimate of drug-likeness (QED) is 0.454. The van der Waals surface area contributed by atoms with E-state index >= 15 is 0 Å². The number of methoxy groups -OCH3 is 1. The standard InChI is InChI=1S/C12H19N3O3/c1-13-7-4-8-14(2)10-5-6-11(15(16)17)12(9-10)18-3/h5-6,9,13H,4,7-8H2,1-3H3. The predicted octanol–water partition coefficient (Wildman–Crippen LogP) is 1.65. The summed E-state index contributed by atoms with van der Waals surface area (Å²) in [5.74, 6) is 0.290. The lowest BCUT2D eigenvalue weighted by molar-refractivity contribution is -0.385. The van der Waals surface area contributed by atoms with E-state index in [1.165, 1.54) is 13.2 Å². The third-order valence-electron chi connectivity index (χ3n) is 2.72. The molecule has 100 valence electrons. The van der Waals surface area contributed by atoms with Crippen molar-refractivity contribution in [3.63, 3.8) is 0 Å². The first-order valence-electron chi connectivity index (χ1n) is 5.78. The second-order valence-electron chi connectivity index (χ2n) is 3.99. The number of hydrogen-bond donors (Lipinski definition) is 1. The van der Waals surface area contributed by atoms with Crippen molar-refractivity contribution < 1.29 is 9.66 Å². The first kappa shape index (κ1) is 14.2. The summed E-state index contributed by atoms with van der Waals surface area (Å²) in [4.78, 5) is 12.4. The Morgan fingerprint density at radius 3 is 2.78 bits per heavy atom. The van der Waals surface area contributed by atoms with Crippen LogP contribution >= 0.6 is 0 Å². The summed E-state index contributed by atoms with van der Waals surface area (Å²) in [6, 6.07) is 4.90. The Balaban J connectivity index is 2.81. The molecule has 0 spiro atoms. The Kier molecular flexibility index (Phi) is 5.38. The number of ether oxygens (including phenoxy) is 1. The molecule has 0 atom stereocenters. The number of nitro groups is 1. The number of nitrogens with one attached hydrogen (secondary N) is 1. The fourth-order valence-corrected chi connectivity index (χ4v) is 1.68. The van der Waals surface area contributed by atoms with Gasteiger partial charge in [-0.25, -0.2) is 0 Å². The molecule has 0 saturated carbocycles. The highest BCUT2D eigenvalue weighted by atomic mass is 16.6. The Morgan fingerprint density at radius 1 is 1.50 bits per heavy atom. The van der Waals surface area contributed by atoms with E-state index < -0.39 is 4.92 Å². The molecule has 1 aromatic carbocycles. The summed E-state index contributed by atoms with van der Waals surface area (Å²) in [6.07, 6.45) is 1.01. The number of benzene rings is 1. The van der Waals surface area contributed by atoms with Gasteiger partial charge in [-0.1, -0.05) is 0 Å². The smallest absolute Gasteiger partial charge is 0.311 e. The van der Waals surface area contributed by atoms with Crippen LogP contribution < -0.4 is 15.0 Å². The molecule has 6 nitrogen and oxygen atoms in total. The summed E-state index contributed by atoms with van der Waals surface area (Å²) >= 11 is 0. The number of rotatable bonds is 7. The van der Waals surface area contributed by atoms with E-state index in [1.54, 1.807) is 12.1 Å².